The molecule has 2 aromatic heterocycles. The zero-order valence-electron chi connectivity index (χ0n) is 16.3. The lowest BCUT2D eigenvalue weighted by Gasteiger charge is -2.08. The monoisotopic (exact) mass is 426 g/mol. The molecule has 6 nitrogen and oxygen atoms in total. The molecule has 0 bridgehead atoms. The first-order valence-electron chi connectivity index (χ1n) is 9.32. The number of alkyl halides is 3. The summed E-state index contributed by atoms with van der Waals surface area (Å²) in [5.74, 6) is 0.625. The maximum Gasteiger partial charge on any atom is 0.416 e. The number of nitrogens with zero attached hydrogens (tertiary/aromatic N) is 3. The molecule has 2 heterocycles. The van der Waals surface area contributed by atoms with Crippen molar-refractivity contribution in [3.05, 3.63) is 89.6 Å². The van der Waals surface area contributed by atoms with Gasteiger partial charge in [0.25, 0.3) is 5.91 Å². The molecule has 0 aliphatic carbocycles. The fourth-order valence-corrected chi connectivity index (χ4v) is 2.96. The largest absolute Gasteiger partial charge is 0.441 e. The lowest BCUT2D eigenvalue weighted by Crippen LogP contribution is -2.12. The van der Waals surface area contributed by atoms with Crippen LogP contribution in [0.4, 0.5) is 18.9 Å². The number of halogens is 3. The zero-order chi connectivity index (χ0) is 22.0. The normalized spacial score (nSPS) is 11.5. The van der Waals surface area contributed by atoms with Gasteiger partial charge in [-0.1, -0.05) is 0 Å². The molecule has 1 N–H and O–H groups in total. The number of carbonyl (C=O) groups excluding carboxylic acids is 1. The highest BCUT2D eigenvalue weighted by Gasteiger charge is 2.30. The SMILES string of the molecule is Cc1oc(-c2ccc(NC(=O)c3ccc(C(F)(F)F)cc3)cc2)nc1Cn1cccn1. The van der Waals surface area contributed by atoms with Crippen LogP contribution in [0.5, 0.6) is 0 Å². The number of hydrogen-bond acceptors (Lipinski definition) is 4. The minimum Gasteiger partial charge on any atom is -0.441 e. The summed E-state index contributed by atoms with van der Waals surface area (Å²) >= 11 is 0. The standard InChI is InChI=1S/C22H17F3N4O2/c1-14-19(13-29-12-2-11-26-29)28-21(31-14)16-5-9-18(10-6-16)27-20(30)15-3-7-17(8-4-15)22(23,24)25/h2-12H,13H2,1H3,(H,27,30). The molecule has 1 amide bonds. The van der Waals surface area contributed by atoms with Crippen molar-refractivity contribution in [3.8, 4) is 11.5 Å². The lowest BCUT2D eigenvalue weighted by atomic mass is 10.1. The molecule has 0 aliphatic rings. The summed E-state index contributed by atoms with van der Waals surface area (Å²) < 4.78 is 45.4. The first-order chi connectivity index (χ1) is 14.8. The summed E-state index contributed by atoms with van der Waals surface area (Å²) in [6.07, 6.45) is -0.919. The third-order valence-corrected chi connectivity index (χ3v) is 4.63. The Morgan fingerprint density at radius 2 is 1.81 bits per heavy atom. The molecule has 0 aliphatic heterocycles. The number of benzene rings is 2. The number of nitrogens with one attached hydrogen (secondary N) is 1. The molecular formula is C22H17F3N4O2. The van der Waals surface area contributed by atoms with Crippen LogP contribution in [0.15, 0.2) is 71.4 Å². The van der Waals surface area contributed by atoms with Crippen LogP contribution in [0.3, 0.4) is 0 Å². The summed E-state index contributed by atoms with van der Waals surface area (Å²) in [6, 6.07) is 12.7. The number of rotatable bonds is 5. The Morgan fingerprint density at radius 3 is 2.42 bits per heavy atom. The van der Waals surface area contributed by atoms with E-state index in [1.807, 2.05) is 19.2 Å². The summed E-state index contributed by atoms with van der Waals surface area (Å²) in [6.45, 7) is 2.32. The Kier molecular flexibility index (Phi) is 5.33. The van der Waals surface area contributed by atoms with E-state index in [0.29, 0.717) is 23.9 Å². The van der Waals surface area contributed by atoms with Crippen molar-refractivity contribution < 1.29 is 22.4 Å². The molecule has 9 heteroatoms. The highest BCUT2D eigenvalue weighted by Crippen LogP contribution is 2.29. The van der Waals surface area contributed by atoms with Crippen LogP contribution in [0, 0.1) is 6.92 Å². The van der Waals surface area contributed by atoms with Crippen molar-refractivity contribution >= 4 is 11.6 Å². The predicted octanol–water partition coefficient (Wildman–Crippen LogP) is 5.17. The molecule has 31 heavy (non-hydrogen) atoms. The van der Waals surface area contributed by atoms with E-state index in [0.717, 1.165) is 35.5 Å². The van der Waals surface area contributed by atoms with Crippen molar-refractivity contribution in [3.63, 3.8) is 0 Å². The van der Waals surface area contributed by atoms with Gasteiger partial charge in [-0.05, 0) is 61.5 Å². The van der Waals surface area contributed by atoms with E-state index in [1.54, 1.807) is 35.1 Å². The van der Waals surface area contributed by atoms with Gasteiger partial charge < -0.3 is 9.73 Å². The molecule has 0 saturated carbocycles. The van der Waals surface area contributed by atoms with Crippen LogP contribution in [-0.4, -0.2) is 20.7 Å². The van der Waals surface area contributed by atoms with Crippen LogP contribution >= 0.6 is 0 Å². The van der Waals surface area contributed by atoms with E-state index < -0.39 is 17.6 Å². The Morgan fingerprint density at radius 1 is 1.10 bits per heavy atom. The minimum absolute atomic E-state index is 0.128. The van der Waals surface area contributed by atoms with Gasteiger partial charge in [-0.25, -0.2) is 4.98 Å². The molecule has 0 radical (unpaired) electrons. The number of hydrogen-bond donors (Lipinski definition) is 1. The summed E-state index contributed by atoms with van der Waals surface area (Å²) in [7, 11) is 0. The molecule has 0 unspecified atom stereocenters. The molecular weight excluding hydrogens is 409 g/mol. The second-order valence-corrected chi connectivity index (χ2v) is 6.83. The lowest BCUT2D eigenvalue weighted by molar-refractivity contribution is -0.137. The molecule has 4 aromatic rings. The number of aromatic nitrogens is 3. The summed E-state index contributed by atoms with van der Waals surface area (Å²) in [5, 5.41) is 6.81. The van der Waals surface area contributed by atoms with Gasteiger partial charge in [0.15, 0.2) is 0 Å². The molecule has 0 fully saturated rings. The molecule has 158 valence electrons. The Hall–Kier alpha value is -3.88. The Labute approximate surface area is 175 Å². The van der Waals surface area contributed by atoms with E-state index in [9.17, 15) is 18.0 Å². The van der Waals surface area contributed by atoms with Crippen LogP contribution in [0.2, 0.25) is 0 Å². The molecule has 4 rings (SSSR count). The third kappa shape index (κ3) is 4.66. The maximum atomic E-state index is 12.6. The van der Waals surface area contributed by atoms with Gasteiger partial charge >= 0.3 is 6.18 Å². The van der Waals surface area contributed by atoms with E-state index in [2.05, 4.69) is 15.4 Å². The summed E-state index contributed by atoms with van der Waals surface area (Å²) in [5.41, 5.74) is 1.31. The average Bonchev–Trinajstić information content (AvgIpc) is 3.38. The van der Waals surface area contributed by atoms with Crippen LogP contribution in [-0.2, 0) is 12.7 Å². The highest BCUT2D eigenvalue weighted by atomic mass is 19.4. The fraction of sp³-hybridized carbons (Fsp3) is 0.136. The van der Waals surface area contributed by atoms with Crippen LogP contribution < -0.4 is 5.32 Å². The highest BCUT2D eigenvalue weighted by molar-refractivity contribution is 6.04. The summed E-state index contributed by atoms with van der Waals surface area (Å²) in [4.78, 5) is 16.8. The number of anilines is 1. The van der Waals surface area contributed by atoms with Crippen molar-refractivity contribution in [2.75, 3.05) is 5.32 Å². The molecule has 2 aromatic carbocycles. The quantitative estimate of drug-likeness (QED) is 0.478. The average molecular weight is 426 g/mol. The first kappa shape index (κ1) is 20.4. The first-order valence-corrected chi connectivity index (χ1v) is 9.32. The van der Waals surface area contributed by atoms with Gasteiger partial charge in [-0.2, -0.15) is 18.3 Å². The third-order valence-electron chi connectivity index (χ3n) is 4.63. The topological polar surface area (TPSA) is 73.0 Å². The van der Waals surface area contributed by atoms with Gasteiger partial charge in [-0.3, -0.25) is 9.48 Å². The number of oxazole rings is 1. The predicted molar refractivity (Wildman–Crippen MR) is 107 cm³/mol. The van der Waals surface area contributed by atoms with Crippen molar-refractivity contribution in [2.24, 2.45) is 0 Å². The van der Waals surface area contributed by atoms with Gasteiger partial charge in [0.1, 0.15) is 11.5 Å². The second-order valence-electron chi connectivity index (χ2n) is 6.83. The molecule has 0 atom stereocenters. The van der Waals surface area contributed by atoms with E-state index >= 15 is 0 Å². The van der Waals surface area contributed by atoms with Crippen LogP contribution in [0.1, 0.15) is 27.4 Å². The van der Waals surface area contributed by atoms with Crippen LogP contribution in [0.25, 0.3) is 11.5 Å². The fourth-order valence-electron chi connectivity index (χ4n) is 2.96. The molecule has 0 saturated heterocycles. The Bertz CT molecular complexity index is 1180. The molecule has 0 spiro atoms. The van der Waals surface area contributed by atoms with Crippen molar-refractivity contribution in [1.82, 2.24) is 14.8 Å². The number of amides is 1. The maximum absolute atomic E-state index is 12.6. The van der Waals surface area contributed by atoms with Gasteiger partial charge in [0, 0.05) is 29.2 Å². The van der Waals surface area contributed by atoms with Gasteiger partial charge in [-0.15, -0.1) is 0 Å². The minimum atomic E-state index is -4.44. The number of aryl methyl sites for hydroxylation is 1. The Balaban J connectivity index is 1.44. The van der Waals surface area contributed by atoms with E-state index in [4.69, 9.17) is 4.42 Å². The van der Waals surface area contributed by atoms with E-state index in [1.165, 1.54) is 0 Å². The number of carbonyl (C=O) groups is 1. The van der Waals surface area contributed by atoms with Gasteiger partial charge in [0.2, 0.25) is 5.89 Å². The second kappa shape index (κ2) is 8.10. The van der Waals surface area contributed by atoms with Crippen molar-refractivity contribution in [2.45, 2.75) is 19.6 Å². The van der Waals surface area contributed by atoms with Crippen molar-refractivity contribution in [1.29, 1.82) is 0 Å². The smallest absolute Gasteiger partial charge is 0.416 e. The zero-order valence-corrected chi connectivity index (χ0v) is 16.3. The van der Waals surface area contributed by atoms with Gasteiger partial charge in [0.05, 0.1) is 12.1 Å². The van der Waals surface area contributed by atoms with E-state index in [-0.39, 0.29) is 5.56 Å².